The van der Waals surface area contributed by atoms with Crippen LogP contribution in [0.3, 0.4) is 0 Å². The van der Waals surface area contributed by atoms with Gasteiger partial charge in [0.2, 0.25) is 5.91 Å². The number of halogens is 1. The lowest BCUT2D eigenvalue weighted by molar-refractivity contribution is -0.129. The van der Waals surface area contributed by atoms with Gasteiger partial charge >= 0.3 is 0 Å². The third-order valence-corrected chi connectivity index (χ3v) is 5.72. The number of ether oxygens (including phenoxy) is 2. The van der Waals surface area contributed by atoms with E-state index < -0.39 is 29.3 Å². The highest BCUT2D eigenvalue weighted by Gasteiger charge is 2.46. The van der Waals surface area contributed by atoms with Gasteiger partial charge in [-0.3, -0.25) is 19.3 Å². The van der Waals surface area contributed by atoms with E-state index in [-0.39, 0.29) is 17.8 Å². The molecular formula is C26H23FN2O5. The van der Waals surface area contributed by atoms with E-state index >= 15 is 0 Å². The summed E-state index contributed by atoms with van der Waals surface area (Å²) in [5.74, 6) is -3.14. The lowest BCUT2D eigenvalue weighted by atomic mass is 9.88. The fourth-order valence-electron chi connectivity index (χ4n) is 4.03. The molecule has 1 aliphatic rings. The summed E-state index contributed by atoms with van der Waals surface area (Å²) in [4.78, 5) is 43.3. The lowest BCUT2D eigenvalue weighted by Crippen LogP contribution is -2.51. The molecule has 1 heterocycles. The molecule has 3 aromatic rings. The number of nitrogens with zero attached hydrogens (tertiary/aromatic N) is 2. The van der Waals surface area contributed by atoms with Gasteiger partial charge in [-0.15, -0.1) is 0 Å². The van der Waals surface area contributed by atoms with Crippen LogP contribution in [-0.2, 0) is 9.59 Å². The molecule has 1 unspecified atom stereocenters. The predicted octanol–water partition coefficient (Wildman–Crippen LogP) is 4.37. The Bertz CT molecular complexity index is 1260. The smallest absolute Gasteiger partial charge is 0.252 e. The summed E-state index contributed by atoms with van der Waals surface area (Å²) in [6.07, 6.45) is 0. The molecule has 7 nitrogen and oxygen atoms in total. The van der Waals surface area contributed by atoms with Crippen LogP contribution in [0.5, 0.6) is 11.5 Å². The molecule has 0 fully saturated rings. The second-order valence-corrected chi connectivity index (χ2v) is 7.61. The number of anilines is 3. The van der Waals surface area contributed by atoms with E-state index in [1.54, 1.807) is 49.4 Å². The summed E-state index contributed by atoms with van der Waals surface area (Å²) >= 11 is 0. The minimum atomic E-state index is -1.62. The fourth-order valence-corrected chi connectivity index (χ4v) is 4.03. The minimum Gasteiger partial charge on any atom is -0.497 e. The van der Waals surface area contributed by atoms with E-state index in [9.17, 15) is 18.8 Å². The maximum absolute atomic E-state index is 13.8. The molecule has 0 radical (unpaired) electrons. The van der Waals surface area contributed by atoms with Gasteiger partial charge in [0.15, 0.2) is 11.7 Å². The highest BCUT2D eigenvalue weighted by molar-refractivity contribution is 6.34. The second kappa shape index (κ2) is 9.35. The van der Waals surface area contributed by atoms with Crippen molar-refractivity contribution in [3.63, 3.8) is 0 Å². The molecule has 8 heteroatoms. The average molecular weight is 462 g/mol. The first-order valence-corrected chi connectivity index (χ1v) is 10.7. The summed E-state index contributed by atoms with van der Waals surface area (Å²) < 4.78 is 24.3. The van der Waals surface area contributed by atoms with Crippen LogP contribution in [0.4, 0.5) is 21.5 Å². The summed E-state index contributed by atoms with van der Waals surface area (Å²) in [5.41, 5.74) is 1.26. The van der Waals surface area contributed by atoms with Crippen molar-refractivity contribution in [1.82, 2.24) is 0 Å². The van der Waals surface area contributed by atoms with Crippen LogP contribution in [0.1, 0.15) is 17.3 Å². The van der Waals surface area contributed by atoms with Gasteiger partial charge in [0, 0.05) is 29.5 Å². The van der Waals surface area contributed by atoms with E-state index in [1.807, 2.05) is 0 Å². The molecule has 2 amide bonds. The van der Waals surface area contributed by atoms with Gasteiger partial charge in [0.25, 0.3) is 5.91 Å². The molecule has 0 aliphatic carbocycles. The number of hydrogen-bond acceptors (Lipinski definition) is 5. The van der Waals surface area contributed by atoms with Gasteiger partial charge in [-0.1, -0.05) is 6.07 Å². The number of carbonyl (C=O) groups excluding carboxylic acids is 3. The van der Waals surface area contributed by atoms with Crippen LogP contribution < -0.4 is 19.3 Å². The summed E-state index contributed by atoms with van der Waals surface area (Å²) in [6.45, 7) is 1.85. The average Bonchev–Trinajstić information content (AvgIpc) is 2.84. The fraction of sp³-hybridized carbons (Fsp3) is 0.192. The molecule has 0 saturated heterocycles. The van der Waals surface area contributed by atoms with E-state index in [0.29, 0.717) is 22.9 Å². The summed E-state index contributed by atoms with van der Waals surface area (Å²) in [6, 6.07) is 16.9. The number of fused-ring (bicyclic) bond motifs is 1. The van der Waals surface area contributed by atoms with Crippen LogP contribution in [0.25, 0.3) is 0 Å². The third kappa shape index (κ3) is 3.98. The van der Waals surface area contributed by atoms with Crippen LogP contribution >= 0.6 is 0 Å². The Balaban J connectivity index is 1.83. The second-order valence-electron chi connectivity index (χ2n) is 7.61. The van der Waals surface area contributed by atoms with Crippen LogP contribution in [0.2, 0.25) is 0 Å². The molecule has 4 rings (SSSR count). The van der Waals surface area contributed by atoms with Crippen molar-refractivity contribution < 1.29 is 28.2 Å². The zero-order valence-electron chi connectivity index (χ0n) is 18.9. The molecule has 0 spiro atoms. The van der Waals surface area contributed by atoms with Crippen molar-refractivity contribution in [1.29, 1.82) is 0 Å². The number of benzene rings is 3. The maximum atomic E-state index is 13.8. The van der Waals surface area contributed by atoms with Gasteiger partial charge in [0.1, 0.15) is 17.3 Å². The topological polar surface area (TPSA) is 76.2 Å². The number of methoxy groups -OCH3 is 2. The van der Waals surface area contributed by atoms with E-state index in [0.717, 1.165) is 0 Å². The standard InChI is InChI=1S/C26H23FN2O5/c1-4-28(18-7-5-6-16(27)14-18)25(31)23-24(30)21-13-12-20(34-3)15-22(21)29(26(23)32)17-8-10-19(33-2)11-9-17/h5-15,23H,4H2,1-3H3. The van der Waals surface area contributed by atoms with Crippen molar-refractivity contribution >= 4 is 34.7 Å². The van der Waals surface area contributed by atoms with Gasteiger partial charge in [-0.25, -0.2) is 4.39 Å². The van der Waals surface area contributed by atoms with Crippen molar-refractivity contribution in [3.05, 3.63) is 78.1 Å². The third-order valence-electron chi connectivity index (χ3n) is 5.72. The molecule has 0 aromatic heterocycles. The maximum Gasteiger partial charge on any atom is 0.252 e. The summed E-state index contributed by atoms with van der Waals surface area (Å²) in [7, 11) is 3.01. The summed E-state index contributed by atoms with van der Waals surface area (Å²) in [5, 5.41) is 0. The first-order chi connectivity index (χ1) is 16.4. The zero-order valence-corrected chi connectivity index (χ0v) is 18.9. The Morgan fingerprint density at radius 3 is 2.26 bits per heavy atom. The highest BCUT2D eigenvalue weighted by Crippen LogP contribution is 2.39. The van der Waals surface area contributed by atoms with Gasteiger partial charge in [-0.05, 0) is 61.5 Å². The molecule has 0 saturated carbocycles. The monoisotopic (exact) mass is 462 g/mol. The number of amides is 2. The van der Waals surface area contributed by atoms with Crippen LogP contribution in [0, 0.1) is 11.7 Å². The van der Waals surface area contributed by atoms with E-state index in [1.165, 1.54) is 48.3 Å². The van der Waals surface area contributed by atoms with E-state index in [2.05, 4.69) is 0 Å². The van der Waals surface area contributed by atoms with Gasteiger partial charge in [-0.2, -0.15) is 0 Å². The van der Waals surface area contributed by atoms with Crippen LogP contribution in [-0.4, -0.2) is 38.4 Å². The number of Topliss-reactive ketones (excluding diaryl/α,β-unsaturated/α-hetero) is 1. The Kier molecular flexibility index (Phi) is 6.32. The van der Waals surface area contributed by atoms with Crippen molar-refractivity contribution in [2.75, 3.05) is 30.6 Å². The Hall–Kier alpha value is -4.20. The van der Waals surface area contributed by atoms with Gasteiger partial charge < -0.3 is 14.4 Å². The Morgan fingerprint density at radius 1 is 0.971 bits per heavy atom. The molecule has 0 bridgehead atoms. The SMILES string of the molecule is CCN(C(=O)C1C(=O)c2ccc(OC)cc2N(c2ccc(OC)cc2)C1=O)c1cccc(F)c1. The lowest BCUT2D eigenvalue weighted by Gasteiger charge is -2.35. The van der Waals surface area contributed by atoms with Crippen LogP contribution in [0.15, 0.2) is 66.7 Å². The first kappa shape index (κ1) is 23.0. The van der Waals surface area contributed by atoms with Gasteiger partial charge in [0.05, 0.1) is 19.9 Å². The molecule has 1 atom stereocenters. The van der Waals surface area contributed by atoms with Crippen molar-refractivity contribution in [2.45, 2.75) is 6.92 Å². The van der Waals surface area contributed by atoms with E-state index in [4.69, 9.17) is 9.47 Å². The van der Waals surface area contributed by atoms with Crippen molar-refractivity contribution in [3.8, 4) is 11.5 Å². The first-order valence-electron chi connectivity index (χ1n) is 10.7. The quantitative estimate of drug-likeness (QED) is 0.509. The molecule has 174 valence electrons. The zero-order chi connectivity index (χ0) is 24.4. The minimum absolute atomic E-state index is 0.150. The molecule has 34 heavy (non-hydrogen) atoms. The number of ketones is 1. The Labute approximate surface area is 196 Å². The van der Waals surface area contributed by atoms with Crippen molar-refractivity contribution in [2.24, 2.45) is 5.92 Å². The number of carbonyl (C=O) groups is 3. The largest absolute Gasteiger partial charge is 0.497 e. The molecule has 0 N–H and O–H groups in total. The molecular weight excluding hydrogens is 439 g/mol. The normalized spacial score (nSPS) is 15.1. The number of rotatable bonds is 6. The Morgan fingerprint density at radius 2 is 1.65 bits per heavy atom. The molecule has 3 aromatic carbocycles. The highest BCUT2D eigenvalue weighted by atomic mass is 19.1. The predicted molar refractivity (Wildman–Crippen MR) is 125 cm³/mol. The molecule has 1 aliphatic heterocycles. The number of hydrogen-bond donors (Lipinski definition) is 0.